The molecule has 0 spiro atoms. The van der Waals surface area contributed by atoms with Crippen LogP contribution in [0.15, 0.2) is 30.3 Å². The molecule has 1 aromatic carbocycles. The van der Waals surface area contributed by atoms with Crippen LogP contribution in [0.1, 0.15) is 24.4 Å². The van der Waals surface area contributed by atoms with E-state index in [1.165, 1.54) is 0 Å². The van der Waals surface area contributed by atoms with E-state index in [0.29, 0.717) is 12.8 Å². The van der Waals surface area contributed by atoms with Crippen LogP contribution < -0.4 is 5.32 Å². The van der Waals surface area contributed by atoms with Crippen molar-refractivity contribution in [1.29, 1.82) is 0 Å². The summed E-state index contributed by atoms with van der Waals surface area (Å²) in [6.07, 6.45) is 0.721. The van der Waals surface area contributed by atoms with Crippen molar-refractivity contribution in [2.24, 2.45) is 5.92 Å². The molecule has 2 amide bonds. The molecule has 0 bridgehead atoms. The van der Waals surface area contributed by atoms with Crippen molar-refractivity contribution in [2.45, 2.75) is 18.9 Å². The van der Waals surface area contributed by atoms with Gasteiger partial charge in [0.2, 0.25) is 11.8 Å². The molecular formula is C15H18N2O4. The first-order chi connectivity index (χ1) is 10.0. The maximum absolute atomic E-state index is 12.2. The van der Waals surface area contributed by atoms with E-state index in [0.717, 1.165) is 5.56 Å². The minimum absolute atomic E-state index is 0.00821. The molecule has 2 N–H and O–H groups in total. The summed E-state index contributed by atoms with van der Waals surface area (Å²) in [5.41, 5.74) is 0.878. The van der Waals surface area contributed by atoms with Crippen LogP contribution in [0.4, 0.5) is 0 Å². The van der Waals surface area contributed by atoms with Crippen LogP contribution in [0.5, 0.6) is 0 Å². The lowest BCUT2D eigenvalue weighted by Crippen LogP contribution is -2.47. The average Bonchev–Trinajstić information content (AvgIpc) is 2.48. The van der Waals surface area contributed by atoms with Gasteiger partial charge in [0, 0.05) is 13.5 Å². The molecule has 0 aliphatic carbocycles. The number of benzene rings is 1. The summed E-state index contributed by atoms with van der Waals surface area (Å²) in [5, 5.41) is 11.1. The molecule has 2 rings (SSSR count). The zero-order chi connectivity index (χ0) is 15.4. The van der Waals surface area contributed by atoms with Crippen LogP contribution in [-0.4, -0.2) is 41.4 Å². The monoisotopic (exact) mass is 290 g/mol. The molecule has 6 heteroatoms. The Balaban J connectivity index is 2.23. The summed E-state index contributed by atoms with van der Waals surface area (Å²) in [5.74, 6) is -1.86. The highest BCUT2D eigenvalue weighted by Gasteiger charge is 2.38. The zero-order valence-corrected chi connectivity index (χ0v) is 11.8. The normalized spacial score (nSPS) is 22.0. The van der Waals surface area contributed by atoms with Crippen LogP contribution in [0.3, 0.4) is 0 Å². The van der Waals surface area contributed by atoms with E-state index < -0.39 is 18.4 Å². The van der Waals surface area contributed by atoms with Gasteiger partial charge in [0.1, 0.15) is 6.54 Å². The lowest BCUT2D eigenvalue weighted by Gasteiger charge is -2.38. The van der Waals surface area contributed by atoms with E-state index >= 15 is 0 Å². The predicted octanol–water partition coefficient (Wildman–Crippen LogP) is 0.797. The van der Waals surface area contributed by atoms with Crippen molar-refractivity contribution >= 4 is 17.8 Å². The van der Waals surface area contributed by atoms with Crippen molar-refractivity contribution in [3.05, 3.63) is 35.9 Å². The number of carbonyl (C=O) groups is 3. The zero-order valence-electron chi connectivity index (χ0n) is 11.8. The third-order valence-corrected chi connectivity index (χ3v) is 3.75. The number of amides is 2. The van der Waals surface area contributed by atoms with Gasteiger partial charge in [-0.15, -0.1) is 0 Å². The molecule has 1 aliphatic rings. The minimum Gasteiger partial charge on any atom is -0.480 e. The Kier molecular flexibility index (Phi) is 4.57. The number of carboxylic acid groups (broad SMARTS) is 1. The number of nitrogens with zero attached hydrogens (tertiary/aromatic N) is 1. The minimum atomic E-state index is -1.08. The Hall–Kier alpha value is -2.37. The molecule has 2 atom stereocenters. The molecule has 0 aromatic heterocycles. The molecule has 0 saturated carbocycles. The van der Waals surface area contributed by atoms with Gasteiger partial charge < -0.3 is 15.3 Å². The number of carboxylic acids is 1. The number of nitrogens with one attached hydrogen (secondary N) is 1. The summed E-state index contributed by atoms with van der Waals surface area (Å²) in [6, 6.07) is 8.96. The van der Waals surface area contributed by atoms with Crippen molar-refractivity contribution in [2.75, 3.05) is 13.6 Å². The molecule has 1 aromatic rings. The van der Waals surface area contributed by atoms with Crippen molar-refractivity contribution in [3.63, 3.8) is 0 Å². The van der Waals surface area contributed by atoms with Gasteiger partial charge in [-0.25, -0.2) is 0 Å². The molecule has 1 fully saturated rings. The first-order valence-electron chi connectivity index (χ1n) is 6.81. The smallest absolute Gasteiger partial charge is 0.322 e. The van der Waals surface area contributed by atoms with Gasteiger partial charge in [-0.05, 0) is 12.0 Å². The maximum atomic E-state index is 12.2. The van der Waals surface area contributed by atoms with Gasteiger partial charge in [-0.2, -0.15) is 0 Å². The van der Waals surface area contributed by atoms with E-state index in [4.69, 9.17) is 5.11 Å². The number of likely N-dealkylation sites (tertiary alicyclic amines) is 1. The molecule has 1 aliphatic heterocycles. The second-order valence-electron chi connectivity index (χ2n) is 5.12. The molecular weight excluding hydrogens is 272 g/mol. The Morgan fingerprint density at radius 2 is 2.00 bits per heavy atom. The first-order valence-corrected chi connectivity index (χ1v) is 6.81. The molecule has 1 saturated heterocycles. The van der Waals surface area contributed by atoms with Crippen molar-refractivity contribution < 1.29 is 19.5 Å². The van der Waals surface area contributed by atoms with Crippen LogP contribution in [0, 0.1) is 5.92 Å². The van der Waals surface area contributed by atoms with Crippen LogP contribution in [-0.2, 0) is 14.4 Å². The summed E-state index contributed by atoms with van der Waals surface area (Å²) in [7, 11) is 1.68. The van der Waals surface area contributed by atoms with Gasteiger partial charge in [0.05, 0.1) is 12.0 Å². The third kappa shape index (κ3) is 3.39. The standard InChI is InChI=1S/C15H18N2O4/c1-17-12(18)8-7-11(15(21)16-9-13(19)20)14(17)10-5-3-2-4-6-10/h2-6,11,14H,7-9H2,1H3,(H,16,21)(H,19,20)/t11-,14+/m0/s1. The quantitative estimate of drug-likeness (QED) is 0.858. The van der Waals surface area contributed by atoms with E-state index in [-0.39, 0.29) is 17.9 Å². The summed E-state index contributed by atoms with van der Waals surface area (Å²) < 4.78 is 0. The highest BCUT2D eigenvalue weighted by Crippen LogP contribution is 2.35. The Labute approximate surface area is 122 Å². The Bertz CT molecular complexity index is 544. The third-order valence-electron chi connectivity index (χ3n) is 3.75. The fourth-order valence-electron chi connectivity index (χ4n) is 2.71. The topological polar surface area (TPSA) is 86.7 Å². The van der Waals surface area contributed by atoms with Crippen molar-refractivity contribution in [3.8, 4) is 0 Å². The largest absolute Gasteiger partial charge is 0.480 e. The second-order valence-corrected chi connectivity index (χ2v) is 5.12. The van der Waals surface area contributed by atoms with Gasteiger partial charge >= 0.3 is 5.97 Å². The Morgan fingerprint density at radius 3 is 2.62 bits per heavy atom. The van der Waals surface area contributed by atoms with E-state index in [9.17, 15) is 14.4 Å². The number of rotatable bonds is 4. The van der Waals surface area contributed by atoms with Gasteiger partial charge in [0.15, 0.2) is 0 Å². The van der Waals surface area contributed by atoms with Crippen LogP contribution in [0.25, 0.3) is 0 Å². The maximum Gasteiger partial charge on any atom is 0.322 e. The van der Waals surface area contributed by atoms with Gasteiger partial charge in [-0.3, -0.25) is 14.4 Å². The van der Waals surface area contributed by atoms with E-state index in [1.54, 1.807) is 11.9 Å². The van der Waals surface area contributed by atoms with Crippen LogP contribution in [0.2, 0.25) is 0 Å². The van der Waals surface area contributed by atoms with Gasteiger partial charge in [-0.1, -0.05) is 30.3 Å². The van der Waals surface area contributed by atoms with Gasteiger partial charge in [0.25, 0.3) is 0 Å². The van der Waals surface area contributed by atoms with Crippen molar-refractivity contribution in [1.82, 2.24) is 10.2 Å². The number of hydrogen-bond acceptors (Lipinski definition) is 3. The first kappa shape index (κ1) is 15.0. The number of piperidine rings is 1. The lowest BCUT2D eigenvalue weighted by molar-refractivity contribution is -0.144. The fraction of sp³-hybridized carbons (Fsp3) is 0.400. The molecule has 112 valence electrons. The summed E-state index contributed by atoms with van der Waals surface area (Å²) in [6.45, 7) is -0.408. The van der Waals surface area contributed by atoms with E-state index in [1.807, 2.05) is 30.3 Å². The number of carbonyl (C=O) groups excluding carboxylic acids is 2. The average molecular weight is 290 g/mol. The molecule has 0 unspecified atom stereocenters. The molecule has 1 heterocycles. The number of hydrogen-bond donors (Lipinski definition) is 2. The highest BCUT2D eigenvalue weighted by molar-refractivity contribution is 5.86. The number of aliphatic carboxylic acids is 1. The SMILES string of the molecule is CN1C(=O)CC[C@H](C(=O)NCC(=O)O)[C@H]1c1ccccc1. The van der Waals surface area contributed by atoms with E-state index in [2.05, 4.69) is 5.32 Å². The summed E-state index contributed by atoms with van der Waals surface area (Å²) >= 11 is 0. The predicted molar refractivity (Wildman–Crippen MR) is 75.3 cm³/mol. The van der Waals surface area contributed by atoms with Crippen LogP contribution >= 0.6 is 0 Å². The molecule has 0 radical (unpaired) electrons. The Morgan fingerprint density at radius 1 is 1.33 bits per heavy atom. The lowest BCUT2D eigenvalue weighted by atomic mass is 9.84. The highest BCUT2D eigenvalue weighted by atomic mass is 16.4. The molecule has 6 nitrogen and oxygen atoms in total. The second kappa shape index (κ2) is 6.39. The fourth-order valence-corrected chi connectivity index (χ4v) is 2.71. The summed E-state index contributed by atoms with van der Waals surface area (Å²) in [4.78, 5) is 36.3. The molecule has 21 heavy (non-hydrogen) atoms.